The van der Waals surface area contributed by atoms with Gasteiger partial charge in [-0.2, -0.15) is 0 Å². The van der Waals surface area contributed by atoms with E-state index in [1.165, 1.54) is 12.8 Å². The molecule has 0 bridgehead atoms. The summed E-state index contributed by atoms with van der Waals surface area (Å²) in [6.07, 6.45) is 4.42. The van der Waals surface area contributed by atoms with Gasteiger partial charge in [-0.15, -0.1) is 11.8 Å². The Morgan fingerprint density at radius 2 is 1.67 bits per heavy atom. The molecule has 0 radical (unpaired) electrons. The average molecular weight is 164 g/mol. The summed E-state index contributed by atoms with van der Waals surface area (Å²) >= 11 is 0. The van der Waals surface area contributed by atoms with E-state index in [0.717, 1.165) is 24.7 Å². The molecule has 12 heavy (non-hydrogen) atoms. The largest absolute Gasteiger partial charge is 0.393 e. The number of hydrogen-bond donors (Lipinski definition) is 1. The Balaban J connectivity index is 1.95. The summed E-state index contributed by atoms with van der Waals surface area (Å²) in [4.78, 5) is 0. The Kier molecular flexibility index (Phi) is 2.11. The summed E-state index contributed by atoms with van der Waals surface area (Å²) in [7, 11) is 0. The van der Waals surface area contributed by atoms with E-state index < -0.39 is 0 Å². The van der Waals surface area contributed by atoms with Crippen LogP contribution in [0.4, 0.5) is 0 Å². The van der Waals surface area contributed by atoms with Crippen molar-refractivity contribution in [2.45, 2.75) is 38.7 Å². The number of rotatable bonds is 1. The smallest absolute Gasteiger partial charge is 0.0545 e. The minimum atomic E-state index is -0.0990. The summed E-state index contributed by atoms with van der Waals surface area (Å²) in [6.45, 7) is 1.93. The SMILES string of the molecule is CC(O)C1[C@H]2CCC#CCC[C@@H]12. The van der Waals surface area contributed by atoms with Gasteiger partial charge in [-0.3, -0.25) is 0 Å². The van der Waals surface area contributed by atoms with Crippen LogP contribution in [-0.4, -0.2) is 11.2 Å². The van der Waals surface area contributed by atoms with Crippen LogP contribution >= 0.6 is 0 Å². The molecule has 1 saturated carbocycles. The highest BCUT2D eigenvalue weighted by molar-refractivity contribution is 5.08. The van der Waals surface area contributed by atoms with Crippen LogP contribution in [0.5, 0.6) is 0 Å². The van der Waals surface area contributed by atoms with Crippen molar-refractivity contribution in [2.75, 3.05) is 0 Å². The topological polar surface area (TPSA) is 20.2 Å². The van der Waals surface area contributed by atoms with Crippen molar-refractivity contribution in [1.29, 1.82) is 0 Å². The Labute approximate surface area is 74.2 Å². The molecule has 66 valence electrons. The van der Waals surface area contributed by atoms with E-state index in [0.29, 0.717) is 5.92 Å². The van der Waals surface area contributed by atoms with Crippen LogP contribution in [0.15, 0.2) is 0 Å². The third-order valence-electron chi connectivity index (χ3n) is 3.29. The van der Waals surface area contributed by atoms with Gasteiger partial charge in [-0.1, -0.05) is 0 Å². The number of aliphatic hydroxyl groups is 1. The monoisotopic (exact) mass is 164 g/mol. The van der Waals surface area contributed by atoms with Gasteiger partial charge in [0.2, 0.25) is 0 Å². The number of fused-ring (bicyclic) bond motifs is 1. The van der Waals surface area contributed by atoms with E-state index in [2.05, 4.69) is 11.8 Å². The first-order valence-electron chi connectivity index (χ1n) is 4.94. The van der Waals surface area contributed by atoms with E-state index in [9.17, 15) is 5.11 Å². The van der Waals surface area contributed by atoms with Crippen molar-refractivity contribution in [3.8, 4) is 11.8 Å². The molecular formula is C11H16O. The first-order valence-corrected chi connectivity index (χ1v) is 4.94. The fourth-order valence-corrected chi connectivity index (χ4v) is 2.66. The Hall–Kier alpha value is -0.480. The van der Waals surface area contributed by atoms with E-state index in [4.69, 9.17) is 0 Å². The van der Waals surface area contributed by atoms with Crippen LogP contribution in [0.3, 0.4) is 0 Å². The van der Waals surface area contributed by atoms with Gasteiger partial charge >= 0.3 is 0 Å². The third kappa shape index (κ3) is 1.36. The lowest BCUT2D eigenvalue weighted by molar-refractivity contribution is 0.158. The standard InChI is InChI=1S/C11H16O/c1-8(12)11-9-6-4-2-3-5-7-10(9)11/h8-12H,4-7H2,1H3/t8?,9-,10+,11?. The molecular weight excluding hydrogens is 148 g/mol. The van der Waals surface area contributed by atoms with Crippen molar-refractivity contribution < 1.29 is 5.11 Å². The summed E-state index contributed by atoms with van der Waals surface area (Å²) < 4.78 is 0. The van der Waals surface area contributed by atoms with Gasteiger partial charge in [0.15, 0.2) is 0 Å². The highest BCUT2D eigenvalue weighted by atomic mass is 16.3. The quantitative estimate of drug-likeness (QED) is 0.586. The van der Waals surface area contributed by atoms with Crippen molar-refractivity contribution in [3.05, 3.63) is 0 Å². The molecule has 0 heterocycles. The van der Waals surface area contributed by atoms with Gasteiger partial charge in [-0.05, 0) is 37.5 Å². The molecule has 0 aliphatic heterocycles. The van der Waals surface area contributed by atoms with Crippen molar-refractivity contribution >= 4 is 0 Å². The first kappa shape index (κ1) is 8.13. The van der Waals surface area contributed by atoms with E-state index in [-0.39, 0.29) is 6.10 Å². The predicted octanol–water partition coefficient (Wildman–Crippen LogP) is 1.81. The van der Waals surface area contributed by atoms with Gasteiger partial charge in [0.1, 0.15) is 0 Å². The van der Waals surface area contributed by atoms with Gasteiger partial charge in [0.05, 0.1) is 6.10 Å². The lowest BCUT2D eigenvalue weighted by Gasteiger charge is -2.00. The normalized spacial score (nSPS) is 41.3. The van der Waals surface area contributed by atoms with Gasteiger partial charge in [0.25, 0.3) is 0 Å². The van der Waals surface area contributed by atoms with E-state index >= 15 is 0 Å². The summed E-state index contributed by atoms with van der Waals surface area (Å²) in [6, 6.07) is 0. The molecule has 4 atom stereocenters. The van der Waals surface area contributed by atoms with Crippen molar-refractivity contribution in [2.24, 2.45) is 17.8 Å². The molecule has 1 N–H and O–H groups in total. The molecule has 2 rings (SSSR count). The number of aliphatic hydroxyl groups excluding tert-OH is 1. The highest BCUT2D eigenvalue weighted by Crippen LogP contribution is 2.53. The second kappa shape index (κ2) is 3.11. The predicted molar refractivity (Wildman–Crippen MR) is 48.4 cm³/mol. The second-order valence-corrected chi connectivity index (χ2v) is 4.08. The Morgan fingerprint density at radius 3 is 2.08 bits per heavy atom. The maximum atomic E-state index is 9.47. The maximum Gasteiger partial charge on any atom is 0.0545 e. The van der Waals surface area contributed by atoms with Crippen LogP contribution < -0.4 is 0 Å². The van der Waals surface area contributed by atoms with E-state index in [1.54, 1.807) is 0 Å². The Morgan fingerprint density at radius 1 is 1.17 bits per heavy atom. The minimum absolute atomic E-state index is 0.0990. The molecule has 0 spiro atoms. The molecule has 0 saturated heterocycles. The summed E-state index contributed by atoms with van der Waals surface area (Å²) in [5.74, 6) is 8.52. The van der Waals surface area contributed by atoms with Crippen LogP contribution in [-0.2, 0) is 0 Å². The lowest BCUT2D eigenvalue weighted by atomic mass is 10.1. The minimum Gasteiger partial charge on any atom is -0.393 e. The lowest BCUT2D eigenvalue weighted by Crippen LogP contribution is -2.05. The maximum absolute atomic E-state index is 9.47. The molecule has 2 aliphatic rings. The van der Waals surface area contributed by atoms with Crippen LogP contribution in [0, 0.1) is 29.6 Å². The van der Waals surface area contributed by atoms with Crippen LogP contribution in [0.25, 0.3) is 0 Å². The summed E-state index contributed by atoms with van der Waals surface area (Å²) in [5, 5.41) is 9.47. The number of hydrogen-bond acceptors (Lipinski definition) is 1. The molecule has 1 heteroatoms. The van der Waals surface area contributed by atoms with Gasteiger partial charge < -0.3 is 5.11 Å². The van der Waals surface area contributed by atoms with Gasteiger partial charge in [-0.25, -0.2) is 0 Å². The molecule has 0 aromatic heterocycles. The zero-order chi connectivity index (χ0) is 8.55. The van der Waals surface area contributed by atoms with Crippen molar-refractivity contribution in [3.63, 3.8) is 0 Å². The van der Waals surface area contributed by atoms with E-state index in [1.807, 2.05) is 6.92 Å². The molecule has 2 aliphatic carbocycles. The fourth-order valence-electron chi connectivity index (χ4n) is 2.66. The third-order valence-corrected chi connectivity index (χ3v) is 3.29. The highest BCUT2D eigenvalue weighted by Gasteiger charge is 2.50. The first-order chi connectivity index (χ1) is 5.80. The molecule has 1 nitrogen and oxygen atoms in total. The summed E-state index contributed by atoms with van der Waals surface area (Å²) in [5.41, 5.74) is 0. The Bertz CT molecular complexity index is 203. The molecule has 0 aromatic rings. The molecule has 0 amide bonds. The molecule has 0 aromatic carbocycles. The van der Waals surface area contributed by atoms with Gasteiger partial charge in [0, 0.05) is 12.8 Å². The van der Waals surface area contributed by atoms with Crippen LogP contribution in [0.2, 0.25) is 0 Å². The fraction of sp³-hybridized carbons (Fsp3) is 0.818. The zero-order valence-corrected chi connectivity index (χ0v) is 7.59. The van der Waals surface area contributed by atoms with Crippen molar-refractivity contribution in [1.82, 2.24) is 0 Å². The van der Waals surface area contributed by atoms with Crippen LogP contribution in [0.1, 0.15) is 32.6 Å². The molecule has 2 unspecified atom stereocenters. The zero-order valence-electron chi connectivity index (χ0n) is 7.59. The average Bonchev–Trinajstić information content (AvgIpc) is 2.60. The second-order valence-electron chi connectivity index (χ2n) is 4.08. The molecule has 1 fully saturated rings.